The van der Waals surface area contributed by atoms with E-state index in [0.29, 0.717) is 34.5 Å². The highest BCUT2D eigenvalue weighted by Crippen LogP contribution is 2.23. The molecular weight excluding hydrogens is 374 g/mol. The third kappa shape index (κ3) is 3.32. The molecule has 1 aliphatic rings. The van der Waals surface area contributed by atoms with Crippen LogP contribution in [0.4, 0.5) is 0 Å². The van der Waals surface area contributed by atoms with Crippen LogP contribution in [0.15, 0.2) is 46.9 Å². The standard InChI is InChI=1S/C20H23N5O2S/c1-3-10-24-18(27)15-6-4-5-7-16(15)25-19(24)21-22-20(25)28-13-17(26)23-11-8-14(2)9-12-23/h3-7,14H,1,8-13H2,2H3. The van der Waals surface area contributed by atoms with Crippen molar-refractivity contribution in [1.29, 1.82) is 0 Å². The van der Waals surface area contributed by atoms with Crippen LogP contribution in [-0.2, 0) is 11.3 Å². The number of allylic oxidation sites excluding steroid dienone is 1. The van der Waals surface area contributed by atoms with Crippen molar-refractivity contribution < 1.29 is 4.79 Å². The SMILES string of the molecule is C=CCn1c(=O)c2ccccc2n2c(SCC(=O)N3CCC(C)CC3)nnc12. The molecule has 28 heavy (non-hydrogen) atoms. The van der Waals surface area contributed by atoms with Gasteiger partial charge in [-0.25, -0.2) is 0 Å². The highest BCUT2D eigenvalue weighted by atomic mass is 32.2. The monoisotopic (exact) mass is 397 g/mol. The molecule has 1 amide bonds. The zero-order valence-corrected chi connectivity index (χ0v) is 16.7. The van der Waals surface area contributed by atoms with Gasteiger partial charge in [-0.15, -0.1) is 16.8 Å². The van der Waals surface area contributed by atoms with Gasteiger partial charge in [-0.3, -0.25) is 18.6 Å². The normalized spacial score (nSPS) is 15.4. The fraction of sp³-hybridized carbons (Fsp3) is 0.400. The summed E-state index contributed by atoms with van der Waals surface area (Å²) in [4.78, 5) is 27.3. The first-order valence-electron chi connectivity index (χ1n) is 9.48. The number of benzene rings is 1. The number of carbonyl (C=O) groups is 1. The van der Waals surface area contributed by atoms with Gasteiger partial charge in [-0.1, -0.05) is 36.9 Å². The van der Waals surface area contributed by atoms with Crippen LogP contribution in [0.5, 0.6) is 0 Å². The van der Waals surface area contributed by atoms with Gasteiger partial charge < -0.3 is 4.90 Å². The minimum atomic E-state index is -0.120. The van der Waals surface area contributed by atoms with Gasteiger partial charge in [0.25, 0.3) is 5.56 Å². The quantitative estimate of drug-likeness (QED) is 0.489. The van der Waals surface area contributed by atoms with E-state index in [1.54, 1.807) is 16.7 Å². The Morgan fingerprint density at radius 1 is 1.29 bits per heavy atom. The molecule has 3 heterocycles. The molecule has 0 N–H and O–H groups in total. The third-order valence-electron chi connectivity index (χ3n) is 5.25. The van der Waals surface area contributed by atoms with Crippen LogP contribution in [0.3, 0.4) is 0 Å². The van der Waals surface area contributed by atoms with E-state index in [9.17, 15) is 9.59 Å². The summed E-state index contributed by atoms with van der Waals surface area (Å²) in [6.07, 6.45) is 3.78. The summed E-state index contributed by atoms with van der Waals surface area (Å²) in [6, 6.07) is 7.40. The van der Waals surface area contributed by atoms with Crippen molar-refractivity contribution in [2.45, 2.75) is 31.5 Å². The summed E-state index contributed by atoms with van der Waals surface area (Å²) in [5.74, 6) is 1.58. The molecule has 0 aliphatic carbocycles. The number of aromatic nitrogens is 4. The van der Waals surface area contributed by atoms with Crippen molar-refractivity contribution in [2.24, 2.45) is 5.92 Å². The number of thioether (sulfide) groups is 1. The van der Waals surface area contributed by atoms with Gasteiger partial charge in [0.15, 0.2) is 5.16 Å². The van der Waals surface area contributed by atoms with Gasteiger partial charge in [0.05, 0.1) is 16.7 Å². The average molecular weight is 398 g/mol. The van der Waals surface area contributed by atoms with E-state index in [0.717, 1.165) is 31.4 Å². The lowest BCUT2D eigenvalue weighted by molar-refractivity contribution is -0.129. The van der Waals surface area contributed by atoms with Crippen molar-refractivity contribution in [2.75, 3.05) is 18.8 Å². The highest BCUT2D eigenvalue weighted by Gasteiger charge is 2.22. The average Bonchev–Trinajstić information content (AvgIpc) is 3.14. The van der Waals surface area contributed by atoms with Crippen LogP contribution in [-0.4, -0.2) is 48.8 Å². The number of rotatable bonds is 5. The van der Waals surface area contributed by atoms with Gasteiger partial charge in [-0.2, -0.15) is 0 Å². The lowest BCUT2D eigenvalue weighted by Gasteiger charge is -2.30. The summed E-state index contributed by atoms with van der Waals surface area (Å²) in [5.41, 5.74) is 0.625. The van der Waals surface area contributed by atoms with E-state index in [1.165, 1.54) is 11.8 Å². The number of nitrogens with zero attached hydrogens (tertiary/aromatic N) is 5. The Balaban J connectivity index is 1.67. The molecule has 0 radical (unpaired) electrons. The van der Waals surface area contributed by atoms with E-state index in [-0.39, 0.29) is 11.5 Å². The van der Waals surface area contributed by atoms with E-state index >= 15 is 0 Å². The van der Waals surface area contributed by atoms with Crippen molar-refractivity contribution >= 4 is 34.3 Å². The predicted molar refractivity (Wildman–Crippen MR) is 111 cm³/mol. The zero-order chi connectivity index (χ0) is 19.7. The fourth-order valence-corrected chi connectivity index (χ4v) is 4.44. The molecular formula is C20H23N5O2S. The first kappa shape index (κ1) is 18.7. The van der Waals surface area contributed by atoms with Crippen LogP contribution < -0.4 is 5.56 Å². The molecule has 0 unspecified atom stereocenters. The fourth-order valence-electron chi connectivity index (χ4n) is 3.60. The summed E-state index contributed by atoms with van der Waals surface area (Å²) in [7, 11) is 0. The maximum Gasteiger partial charge on any atom is 0.263 e. The smallest absolute Gasteiger partial charge is 0.263 e. The zero-order valence-electron chi connectivity index (χ0n) is 15.9. The number of hydrogen-bond acceptors (Lipinski definition) is 5. The second kappa shape index (κ2) is 7.79. The highest BCUT2D eigenvalue weighted by molar-refractivity contribution is 7.99. The molecule has 3 aromatic rings. The van der Waals surface area contributed by atoms with Crippen LogP contribution in [0.1, 0.15) is 19.8 Å². The first-order valence-corrected chi connectivity index (χ1v) is 10.5. The maximum atomic E-state index is 12.8. The molecule has 1 aromatic carbocycles. The molecule has 8 heteroatoms. The molecule has 146 valence electrons. The van der Waals surface area contributed by atoms with Gasteiger partial charge in [0.1, 0.15) is 0 Å². The lowest BCUT2D eigenvalue weighted by atomic mass is 9.99. The van der Waals surface area contributed by atoms with Crippen molar-refractivity contribution in [3.8, 4) is 0 Å². The second-order valence-electron chi connectivity index (χ2n) is 7.19. The van der Waals surface area contributed by atoms with Crippen LogP contribution in [0.25, 0.3) is 16.7 Å². The van der Waals surface area contributed by atoms with Crippen LogP contribution in [0, 0.1) is 5.92 Å². The summed E-state index contributed by atoms with van der Waals surface area (Å²) in [6.45, 7) is 7.96. The largest absolute Gasteiger partial charge is 0.342 e. The van der Waals surface area contributed by atoms with Gasteiger partial charge in [-0.05, 0) is 30.9 Å². The molecule has 0 spiro atoms. The number of carbonyl (C=O) groups excluding carboxylic acids is 1. The number of piperidine rings is 1. The van der Waals surface area contributed by atoms with E-state index < -0.39 is 0 Å². The van der Waals surface area contributed by atoms with E-state index in [2.05, 4.69) is 23.7 Å². The first-order chi connectivity index (χ1) is 13.6. The Morgan fingerprint density at radius 2 is 2.04 bits per heavy atom. The second-order valence-corrected chi connectivity index (χ2v) is 8.13. The third-order valence-corrected chi connectivity index (χ3v) is 6.16. The van der Waals surface area contributed by atoms with Crippen molar-refractivity contribution in [3.63, 3.8) is 0 Å². The molecule has 7 nitrogen and oxygen atoms in total. The van der Waals surface area contributed by atoms with Crippen molar-refractivity contribution in [1.82, 2.24) is 24.1 Å². The molecule has 0 saturated carbocycles. The number of para-hydroxylation sites is 1. The van der Waals surface area contributed by atoms with Gasteiger partial charge >= 0.3 is 0 Å². The molecule has 1 saturated heterocycles. The molecule has 0 atom stereocenters. The Labute approximate surface area is 167 Å². The minimum absolute atomic E-state index is 0.120. The van der Waals surface area contributed by atoms with E-state index in [1.807, 2.05) is 27.5 Å². The molecule has 1 aliphatic heterocycles. The van der Waals surface area contributed by atoms with Gasteiger partial charge in [0, 0.05) is 19.6 Å². The predicted octanol–water partition coefficient (Wildman–Crippen LogP) is 2.58. The summed E-state index contributed by atoms with van der Waals surface area (Å²) >= 11 is 1.36. The maximum absolute atomic E-state index is 12.8. The molecule has 0 bridgehead atoms. The van der Waals surface area contributed by atoms with Crippen molar-refractivity contribution in [3.05, 3.63) is 47.3 Å². The summed E-state index contributed by atoms with van der Waals surface area (Å²) in [5, 5.41) is 9.71. The Morgan fingerprint density at radius 3 is 2.79 bits per heavy atom. The van der Waals surface area contributed by atoms with Crippen LogP contribution >= 0.6 is 11.8 Å². The molecule has 2 aromatic heterocycles. The molecule has 4 rings (SSSR count). The topological polar surface area (TPSA) is 72.5 Å². The van der Waals surface area contributed by atoms with E-state index in [4.69, 9.17) is 0 Å². The number of fused-ring (bicyclic) bond motifs is 3. The lowest BCUT2D eigenvalue weighted by Crippen LogP contribution is -2.38. The molecule has 1 fully saturated rings. The number of likely N-dealkylation sites (tertiary alicyclic amines) is 1. The van der Waals surface area contributed by atoms with Gasteiger partial charge in [0.2, 0.25) is 11.7 Å². The van der Waals surface area contributed by atoms with Crippen LogP contribution in [0.2, 0.25) is 0 Å². The Hall–Kier alpha value is -2.61. The Bertz CT molecular complexity index is 1100. The summed E-state index contributed by atoms with van der Waals surface area (Å²) < 4.78 is 3.41. The number of amides is 1. The minimum Gasteiger partial charge on any atom is -0.342 e. The Kier molecular flexibility index (Phi) is 5.21. The number of hydrogen-bond donors (Lipinski definition) is 0.